The van der Waals surface area contributed by atoms with Gasteiger partial charge in [-0.1, -0.05) is 42.1 Å². The highest BCUT2D eigenvalue weighted by Crippen LogP contribution is 2.17. The highest BCUT2D eigenvalue weighted by molar-refractivity contribution is 8.13. The van der Waals surface area contributed by atoms with E-state index in [1.807, 2.05) is 30.5 Å². The highest BCUT2D eigenvalue weighted by Gasteiger charge is 1.97. The second-order valence-electron chi connectivity index (χ2n) is 3.95. The largest absolute Gasteiger partial charge is 0.288 e. The van der Waals surface area contributed by atoms with Gasteiger partial charge in [-0.3, -0.25) is 9.78 Å². The summed E-state index contributed by atoms with van der Waals surface area (Å²) in [6, 6.07) is 10.1. The van der Waals surface area contributed by atoms with Gasteiger partial charge < -0.3 is 0 Å². The molecular formula is C15H15NOS. The van der Waals surface area contributed by atoms with Crippen molar-refractivity contribution in [3.63, 3.8) is 0 Å². The van der Waals surface area contributed by atoms with Crippen molar-refractivity contribution in [1.29, 1.82) is 0 Å². The second kappa shape index (κ2) is 6.36. The minimum absolute atomic E-state index is 0.178. The Bertz CT molecular complexity index is 572. The molecule has 1 aromatic heterocycles. The van der Waals surface area contributed by atoms with E-state index in [1.54, 1.807) is 6.92 Å². The van der Waals surface area contributed by atoms with Gasteiger partial charge in [0, 0.05) is 24.3 Å². The minimum atomic E-state index is 0.178. The molecule has 0 radical (unpaired) electrons. The van der Waals surface area contributed by atoms with Gasteiger partial charge in [0.15, 0.2) is 5.12 Å². The fourth-order valence-electron chi connectivity index (χ4n) is 1.74. The molecular weight excluding hydrogens is 242 g/mol. The fraction of sp³-hybridized carbons (Fsp3) is 0.200. The third kappa shape index (κ3) is 3.44. The van der Waals surface area contributed by atoms with Crippen LogP contribution in [0, 0.1) is 0 Å². The molecule has 0 aliphatic heterocycles. The maximum atomic E-state index is 10.8. The predicted molar refractivity (Wildman–Crippen MR) is 78.5 cm³/mol. The molecule has 92 valence electrons. The average Bonchev–Trinajstić information content (AvgIpc) is 2.38. The number of hydrogen-bond donors (Lipinski definition) is 0. The normalized spacial score (nSPS) is 11.2. The lowest BCUT2D eigenvalue weighted by molar-refractivity contribution is -0.109. The Morgan fingerprint density at radius 2 is 2.17 bits per heavy atom. The van der Waals surface area contributed by atoms with Crippen LogP contribution in [0.1, 0.15) is 18.9 Å². The first kappa shape index (κ1) is 12.8. The van der Waals surface area contributed by atoms with Crippen LogP contribution in [0.15, 0.2) is 42.6 Å². The lowest BCUT2D eigenvalue weighted by Crippen LogP contribution is -1.84. The van der Waals surface area contributed by atoms with Crippen molar-refractivity contribution in [3.05, 3.63) is 48.2 Å². The van der Waals surface area contributed by atoms with Crippen LogP contribution in [0.2, 0.25) is 0 Å². The van der Waals surface area contributed by atoms with E-state index < -0.39 is 0 Å². The Balaban J connectivity index is 2.07. The van der Waals surface area contributed by atoms with Gasteiger partial charge in [-0.05, 0) is 24.1 Å². The van der Waals surface area contributed by atoms with E-state index >= 15 is 0 Å². The summed E-state index contributed by atoms with van der Waals surface area (Å²) in [5.41, 5.74) is 2.19. The molecule has 2 aromatic rings. The zero-order chi connectivity index (χ0) is 12.8. The van der Waals surface area contributed by atoms with E-state index in [2.05, 4.69) is 23.2 Å². The molecule has 0 saturated carbocycles. The Morgan fingerprint density at radius 3 is 3.00 bits per heavy atom. The number of pyridine rings is 1. The van der Waals surface area contributed by atoms with Gasteiger partial charge in [0.25, 0.3) is 0 Å². The molecule has 18 heavy (non-hydrogen) atoms. The molecule has 0 aliphatic rings. The van der Waals surface area contributed by atoms with Crippen LogP contribution in [0.25, 0.3) is 17.0 Å². The fourth-order valence-corrected chi connectivity index (χ4v) is 2.29. The van der Waals surface area contributed by atoms with Gasteiger partial charge in [-0.25, -0.2) is 0 Å². The molecule has 0 N–H and O–H groups in total. The van der Waals surface area contributed by atoms with Crippen molar-refractivity contribution in [3.8, 4) is 0 Å². The highest BCUT2D eigenvalue weighted by atomic mass is 32.2. The molecule has 3 heteroatoms. The summed E-state index contributed by atoms with van der Waals surface area (Å²) >= 11 is 1.37. The first-order valence-corrected chi connectivity index (χ1v) is 6.89. The van der Waals surface area contributed by atoms with E-state index in [0.29, 0.717) is 0 Å². The molecule has 1 heterocycles. The van der Waals surface area contributed by atoms with E-state index in [-0.39, 0.29) is 5.12 Å². The first-order valence-electron chi connectivity index (χ1n) is 5.91. The van der Waals surface area contributed by atoms with Crippen molar-refractivity contribution in [1.82, 2.24) is 4.98 Å². The lowest BCUT2D eigenvalue weighted by atomic mass is 10.1. The summed E-state index contributed by atoms with van der Waals surface area (Å²) in [6.45, 7) is 1.60. The van der Waals surface area contributed by atoms with Gasteiger partial charge in [0.1, 0.15) is 0 Å². The molecule has 0 bridgehead atoms. The zero-order valence-corrected chi connectivity index (χ0v) is 11.1. The molecule has 1 aromatic carbocycles. The van der Waals surface area contributed by atoms with Crippen LogP contribution >= 0.6 is 11.8 Å². The number of nitrogens with zero attached hydrogens (tertiary/aromatic N) is 1. The van der Waals surface area contributed by atoms with Crippen molar-refractivity contribution >= 4 is 33.9 Å². The summed E-state index contributed by atoms with van der Waals surface area (Å²) in [5, 5.41) is 1.34. The molecule has 0 spiro atoms. The van der Waals surface area contributed by atoms with Gasteiger partial charge in [-0.2, -0.15) is 0 Å². The number of benzene rings is 1. The molecule has 0 fully saturated rings. The van der Waals surface area contributed by atoms with Gasteiger partial charge >= 0.3 is 0 Å². The maximum Gasteiger partial charge on any atom is 0.185 e. The van der Waals surface area contributed by atoms with Crippen molar-refractivity contribution in [2.75, 3.05) is 5.75 Å². The van der Waals surface area contributed by atoms with Crippen LogP contribution in [0.5, 0.6) is 0 Å². The van der Waals surface area contributed by atoms with Crippen LogP contribution in [-0.4, -0.2) is 15.9 Å². The van der Waals surface area contributed by atoms with E-state index in [1.165, 1.54) is 17.3 Å². The van der Waals surface area contributed by atoms with Crippen molar-refractivity contribution < 1.29 is 4.79 Å². The number of allylic oxidation sites excluding steroid dienone is 1. The quantitative estimate of drug-likeness (QED) is 0.778. The number of fused-ring (bicyclic) bond motifs is 1. The number of para-hydroxylation sites is 1. The molecule has 0 aliphatic carbocycles. The third-order valence-corrected chi connectivity index (χ3v) is 3.42. The monoisotopic (exact) mass is 257 g/mol. The van der Waals surface area contributed by atoms with Crippen LogP contribution < -0.4 is 0 Å². The maximum absolute atomic E-state index is 10.8. The van der Waals surface area contributed by atoms with E-state index in [9.17, 15) is 4.79 Å². The first-order chi connectivity index (χ1) is 8.77. The van der Waals surface area contributed by atoms with Crippen molar-refractivity contribution in [2.24, 2.45) is 0 Å². The zero-order valence-electron chi connectivity index (χ0n) is 10.3. The summed E-state index contributed by atoms with van der Waals surface area (Å²) < 4.78 is 0. The molecule has 0 unspecified atom stereocenters. The van der Waals surface area contributed by atoms with Crippen LogP contribution in [-0.2, 0) is 4.79 Å². The third-order valence-electron chi connectivity index (χ3n) is 2.57. The lowest BCUT2D eigenvalue weighted by Gasteiger charge is -2.00. The summed E-state index contributed by atoms with van der Waals surface area (Å²) in [7, 11) is 0. The Kier molecular flexibility index (Phi) is 4.53. The Labute approximate surface area is 111 Å². The Hall–Kier alpha value is -1.61. The smallest absolute Gasteiger partial charge is 0.185 e. The Morgan fingerprint density at radius 1 is 1.33 bits per heavy atom. The molecule has 0 amide bonds. The number of rotatable bonds is 4. The molecule has 2 nitrogen and oxygen atoms in total. The second-order valence-corrected chi connectivity index (χ2v) is 5.22. The topological polar surface area (TPSA) is 30.0 Å². The van der Waals surface area contributed by atoms with Gasteiger partial charge in [-0.15, -0.1) is 0 Å². The summed E-state index contributed by atoms with van der Waals surface area (Å²) in [5.74, 6) is 0.842. The number of thioether (sulfide) groups is 1. The summed E-state index contributed by atoms with van der Waals surface area (Å²) in [6.07, 6.45) is 6.94. The standard InChI is InChI=1S/C15H15NOS/c1-12(17)18-11-5-4-6-13-9-10-16-15-8-3-2-7-14(13)15/h2-4,6-10H,5,11H2,1H3. The molecule has 0 atom stereocenters. The molecule has 0 saturated heterocycles. The molecule has 2 rings (SSSR count). The number of carbonyl (C=O) groups is 1. The minimum Gasteiger partial charge on any atom is -0.288 e. The number of hydrogen-bond acceptors (Lipinski definition) is 3. The summed E-state index contributed by atoms with van der Waals surface area (Å²) in [4.78, 5) is 15.1. The average molecular weight is 257 g/mol. The van der Waals surface area contributed by atoms with Crippen LogP contribution in [0.4, 0.5) is 0 Å². The van der Waals surface area contributed by atoms with Gasteiger partial charge in [0.05, 0.1) is 5.52 Å². The van der Waals surface area contributed by atoms with Gasteiger partial charge in [0.2, 0.25) is 0 Å². The SMILES string of the molecule is CC(=O)SCCC=Cc1ccnc2ccccc12. The van der Waals surface area contributed by atoms with E-state index in [4.69, 9.17) is 0 Å². The van der Waals surface area contributed by atoms with Crippen molar-refractivity contribution in [2.45, 2.75) is 13.3 Å². The van der Waals surface area contributed by atoms with Crippen LogP contribution in [0.3, 0.4) is 0 Å². The number of carbonyl (C=O) groups excluding carboxylic acids is 1. The van der Waals surface area contributed by atoms with E-state index in [0.717, 1.165) is 23.1 Å². The number of aromatic nitrogens is 1. The predicted octanol–water partition coefficient (Wildman–Crippen LogP) is 3.92.